The van der Waals surface area contributed by atoms with Crippen molar-refractivity contribution in [3.63, 3.8) is 0 Å². The summed E-state index contributed by atoms with van der Waals surface area (Å²) in [6, 6.07) is 27.2. The van der Waals surface area contributed by atoms with E-state index in [1.165, 1.54) is 4.90 Å². The van der Waals surface area contributed by atoms with Crippen LogP contribution in [0.15, 0.2) is 108 Å². The van der Waals surface area contributed by atoms with Gasteiger partial charge in [-0.05, 0) is 47.0 Å². The normalized spacial score (nSPS) is 10.7. The summed E-state index contributed by atoms with van der Waals surface area (Å²) in [4.78, 5) is 30.0. The van der Waals surface area contributed by atoms with Crippen molar-refractivity contribution in [2.24, 2.45) is 0 Å². The molecule has 0 aliphatic carbocycles. The highest BCUT2D eigenvalue weighted by atomic mass is 16.3. The van der Waals surface area contributed by atoms with Crippen LogP contribution in [0.4, 0.5) is 0 Å². The van der Waals surface area contributed by atoms with E-state index < -0.39 is 0 Å². The van der Waals surface area contributed by atoms with Gasteiger partial charge in [0.1, 0.15) is 12.3 Å². The number of carbonyl (C=O) groups is 2. The number of rotatable bonds is 10. The van der Waals surface area contributed by atoms with Crippen molar-refractivity contribution in [3.8, 4) is 0 Å². The molecule has 0 atom stereocenters. The molecule has 0 N–H and O–H groups in total. The first-order valence-corrected chi connectivity index (χ1v) is 11.4. The molecule has 0 unspecified atom stereocenters. The van der Waals surface area contributed by atoms with Crippen molar-refractivity contribution in [1.29, 1.82) is 0 Å². The summed E-state index contributed by atoms with van der Waals surface area (Å²) in [6.45, 7) is 4.90. The zero-order valence-corrected chi connectivity index (χ0v) is 19.1. The lowest BCUT2D eigenvalue weighted by molar-refractivity contribution is -0.132. The van der Waals surface area contributed by atoms with Crippen LogP contribution in [0.2, 0.25) is 0 Å². The Morgan fingerprint density at radius 3 is 2.35 bits per heavy atom. The minimum Gasteiger partial charge on any atom is -0.467 e. The predicted octanol–water partition coefficient (Wildman–Crippen LogP) is 5.33. The summed E-state index contributed by atoms with van der Waals surface area (Å²) >= 11 is 0. The van der Waals surface area contributed by atoms with Crippen molar-refractivity contribution in [3.05, 3.63) is 121 Å². The lowest BCUT2D eigenvalue weighted by Crippen LogP contribution is -2.43. The zero-order valence-electron chi connectivity index (χ0n) is 19.1. The van der Waals surface area contributed by atoms with E-state index in [9.17, 15) is 9.59 Å². The maximum absolute atomic E-state index is 13.4. The quantitative estimate of drug-likeness (QED) is 0.306. The van der Waals surface area contributed by atoms with Crippen LogP contribution in [-0.2, 0) is 17.8 Å². The topological polar surface area (TPSA) is 53.8 Å². The lowest BCUT2D eigenvalue weighted by atomic mass is 10.1. The highest BCUT2D eigenvalue weighted by molar-refractivity contribution is 6.00. The largest absolute Gasteiger partial charge is 0.467 e. The van der Waals surface area contributed by atoms with Gasteiger partial charge >= 0.3 is 0 Å². The third-order valence-electron chi connectivity index (χ3n) is 5.75. The molecule has 2 amide bonds. The molecule has 34 heavy (non-hydrogen) atoms. The van der Waals surface area contributed by atoms with Crippen molar-refractivity contribution in [2.75, 3.05) is 19.6 Å². The molecule has 0 bridgehead atoms. The van der Waals surface area contributed by atoms with E-state index in [0.717, 1.165) is 16.3 Å². The molecule has 172 valence electrons. The number of fused-ring (bicyclic) bond motifs is 1. The molecule has 0 saturated carbocycles. The fraction of sp³-hybridized carbons (Fsp3) is 0.172. The first-order valence-electron chi connectivity index (χ1n) is 11.4. The van der Waals surface area contributed by atoms with Crippen LogP contribution in [-0.4, -0.2) is 41.2 Å². The first-order chi connectivity index (χ1) is 16.6. The monoisotopic (exact) mass is 452 g/mol. The Morgan fingerprint density at radius 2 is 1.62 bits per heavy atom. The smallest absolute Gasteiger partial charge is 0.254 e. The SMILES string of the molecule is C=CCN(CC(=O)N(CCc1ccccc1)Cc1ccco1)C(=O)c1ccc2ccccc2c1. The Labute approximate surface area is 199 Å². The number of benzene rings is 3. The van der Waals surface area contributed by atoms with E-state index in [4.69, 9.17) is 4.42 Å². The van der Waals surface area contributed by atoms with E-state index in [1.807, 2.05) is 78.9 Å². The molecule has 5 nitrogen and oxygen atoms in total. The highest BCUT2D eigenvalue weighted by Crippen LogP contribution is 2.17. The molecule has 0 radical (unpaired) electrons. The maximum atomic E-state index is 13.4. The summed E-state index contributed by atoms with van der Waals surface area (Å²) in [5, 5.41) is 2.05. The van der Waals surface area contributed by atoms with Crippen molar-refractivity contribution >= 4 is 22.6 Å². The second-order valence-electron chi connectivity index (χ2n) is 8.17. The Bertz CT molecular complexity index is 1250. The predicted molar refractivity (Wildman–Crippen MR) is 134 cm³/mol. The summed E-state index contributed by atoms with van der Waals surface area (Å²) in [5.74, 6) is 0.376. The second-order valence-corrected chi connectivity index (χ2v) is 8.17. The third kappa shape index (κ3) is 5.81. The van der Waals surface area contributed by atoms with E-state index in [0.29, 0.717) is 30.8 Å². The summed E-state index contributed by atoms with van der Waals surface area (Å²) in [7, 11) is 0. The minimum atomic E-state index is -0.194. The third-order valence-corrected chi connectivity index (χ3v) is 5.75. The molecule has 0 aliphatic heterocycles. The molecule has 0 fully saturated rings. The van der Waals surface area contributed by atoms with Gasteiger partial charge in [-0.25, -0.2) is 0 Å². The molecule has 4 rings (SSSR count). The lowest BCUT2D eigenvalue weighted by Gasteiger charge is -2.27. The van der Waals surface area contributed by atoms with Gasteiger partial charge in [-0.3, -0.25) is 9.59 Å². The van der Waals surface area contributed by atoms with Crippen LogP contribution < -0.4 is 0 Å². The molecule has 1 heterocycles. The number of carbonyl (C=O) groups excluding carboxylic acids is 2. The maximum Gasteiger partial charge on any atom is 0.254 e. The number of furan rings is 1. The molecule has 0 aliphatic rings. The van der Waals surface area contributed by atoms with Gasteiger partial charge in [0.15, 0.2) is 0 Å². The van der Waals surface area contributed by atoms with Crippen LogP contribution >= 0.6 is 0 Å². The Morgan fingerprint density at radius 1 is 0.853 bits per heavy atom. The Balaban J connectivity index is 1.51. The van der Waals surface area contributed by atoms with E-state index in [1.54, 1.807) is 23.3 Å². The molecular weight excluding hydrogens is 424 g/mol. The average Bonchev–Trinajstić information content (AvgIpc) is 3.39. The van der Waals surface area contributed by atoms with Crippen LogP contribution in [0, 0.1) is 0 Å². The molecule has 0 spiro atoms. The molecule has 5 heteroatoms. The van der Waals surface area contributed by atoms with Crippen LogP contribution in [0.3, 0.4) is 0 Å². The van der Waals surface area contributed by atoms with Gasteiger partial charge in [0.25, 0.3) is 5.91 Å². The highest BCUT2D eigenvalue weighted by Gasteiger charge is 2.22. The first kappa shape index (κ1) is 23.1. The Kier molecular flexibility index (Phi) is 7.56. The van der Waals surface area contributed by atoms with Gasteiger partial charge in [0, 0.05) is 18.7 Å². The number of hydrogen-bond acceptors (Lipinski definition) is 3. The Hall–Kier alpha value is -4.12. The van der Waals surface area contributed by atoms with Crippen LogP contribution in [0.5, 0.6) is 0 Å². The average molecular weight is 453 g/mol. The van der Waals surface area contributed by atoms with Crippen LogP contribution in [0.25, 0.3) is 10.8 Å². The number of nitrogens with zero attached hydrogens (tertiary/aromatic N) is 2. The van der Waals surface area contributed by atoms with Gasteiger partial charge in [-0.2, -0.15) is 0 Å². The van der Waals surface area contributed by atoms with E-state index in [2.05, 4.69) is 6.58 Å². The van der Waals surface area contributed by atoms with Gasteiger partial charge < -0.3 is 14.2 Å². The van der Waals surface area contributed by atoms with Gasteiger partial charge in [-0.15, -0.1) is 6.58 Å². The zero-order chi connectivity index (χ0) is 23.8. The van der Waals surface area contributed by atoms with Gasteiger partial charge in [0.05, 0.1) is 12.8 Å². The molecule has 4 aromatic rings. The fourth-order valence-corrected chi connectivity index (χ4v) is 3.93. The van der Waals surface area contributed by atoms with Crippen molar-refractivity contribution < 1.29 is 14.0 Å². The minimum absolute atomic E-state index is 0.0345. The van der Waals surface area contributed by atoms with Gasteiger partial charge in [-0.1, -0.05) is 66.7 Å². The number of hydrogen-bond donors (Lipinski definition) is 0. The van der Waals surface area contributed by atoms with E-state index in [-0.39, 0.29) is 24.9 Å². The van der Waals surface area contributed by atoms with E-state index >= 15 is 0 Å². The standard InChI is InChI=1S/C29H28N2O3/c1-2-17-31(29(33)26-15-14-24-11-6-7-12-25(24)20-26)22-28(32)30(21-27-13-8-19-34-27)18-16-23-9-4-3-5-10-23/h2-15,19-20H,1,16-18,21-22H2. The summed E-state index contributed by atoms with van der Waals surface area (Å²) in [5.41, 5.74) is 1.70. The van der Waals surface area contributed by atoms with Crippen molar-refractivity contribution in [2.45, 2.75) is 13.0 Å². The van der Waals surface area contributed by atoms with Crippen LogP contribution in [0.1, 0.15) is 21.7 Å². The molecule has 3 aromatic carbocycles. The molecule has 0 saturated heterocycles. The molecular formula is C29H28N2O3. The fourth-order valence-electron chi connectivity index (χ4n) is 3.93. The summed E-state index contributed by atoms with van der Waals surface area (Å²) < 4.78 is 5.49. The molecule has 1 aromatic heterocycles. The van der Waals surface area contributed by atoms with Crippen molar-refractivity contribution in [1.82, 2.24) is 9.80 Å². The second kappa shape index (κ2) is 11.1. The number of amides is 2. The van der Waals surface area contributed by atoms with Gasteiger partial charge in [0.2, 0.25) is 5.91 Å². The summed E-state index contributed by atoms with van der Waals surface area (Å²) in [6.07, 6.45) is 3.96.